The van der Waals surface area contributed by atoms with Gasteiger partial charge in [-0.2, -0.15) is 0 Å². The van der Waals surface area contributed by atoms with Crippen molar-refractivity contribution in [2.75, 3.05) is 6.54 Å². The Hall–Kier alpha value is -1.91. The van der Waals surface area contributed by atoms with Gasteiger partial charge >= 0.3 is 5.97 Å². The van der Waals surface area contributed by atoms with Gasteiger partial charge in [-0.3, -0.25) is 4.79 Å². The summed E-state index contributed by atoms with van der Waals surface area (Å²) in [5.41, 5.74) is 0.717. The Morgan fingerprint density at radius 2 is 2.17 bits per heavy atom. The number of carbonyl (C=O) groups is 2. The molecule has 1 aliphatic rings. The van der Waals surface area contributed by atoms with E-state index in [0.717, 1.165) is 0 Å². The average Bonchev–Trinajstić information content (AvgIpc) is 2.81. The molecular formula is C13H14FNO3. The predicted octanol–water partition coefficient (Wildman–Crippen LogP) is 1.82. The first-order valence-corrected chi connectivity index (χ1v) is 5.80. The molecule has 96 valence electrons. The van der Waals surface area contributed by atoms with Crippen LogP contribution in [0, 0.1) is 12.7 Å². The van der Waals surface area contributed by atoms with E-state index in [0.29, 0.717) is 30.5 Å². The maximum Gasteiger partial charge on any atom is 0.326 e. The molecule has 0 saturated carbocycles. The van der Waals surface area contributed by atoms with E-state index in [2.05, 4.69) is 0 Å². The van der Waals surface area contributed by atoms with Crippen LogP contribution in [0.3, 0.4) is 0 Å². The molecule has 0 aliphatic carbocycles. The molecule has 0 spiro atoms. The van der Waals surface area contributed by atoms with Crippen molar-refractivity contribution >= 4 is 11.9 Å². The molecule has 1 heterocycles. The topological polar surface area (TPSA) is 57.6 Å². The van der Waals surface area contributed by atoms with Gasteiger partial charge in [-0.15, -0.1) is 0 Å². The van der Waals surface area contributed by atoms with E-state index in [9.17, 15) is 14.0 Å². The van der Waals surface area contributed by atoms with Gasteiger partial charge in [0.05, 0.1) is 0 Å². The minimum Gasteiger partial charge on any atom is -0.480 e. The molecule has 1 saturated heterocycles. The highest BCUT2D eigenvalue weighted by atomic mass is 19.1. The first-order chi connectivity index (χ1) is 8.50. The second kappa shape index (κ2) is 4.76. The van der Waals surface area contributed by atoms with Gasteiger partial charge in [0, 0.05) is 12.1 Å². The van der Waals surface area contributed by atoms with E-state index in [1.165, 1.54) is 23.1 Å². The third-order valence-corrected chi connectivity index (χ3v) is 3.20. The Morgan fingerprint density at radius 3 is 2.78 bits per heavy atom. The zero-order valence-corrected chi connectivity index (χ0v) is 10.0. The summed E-state index contributed by atoms with van der Waals surface area (Å²) in [6.45, 7) is 2.01. The number of benzene rings is 1. The number of hydrogen-bond acceptors (Lipinski definition) is 2. The Balaban J connectivity index is 2.25. The summed E-state index contributed by atoms with van der Waals surface area (Å²) in [4.78, 5) is 24.5. The van der Waals surface area contributed by atoms with E-state index in [4.69, 9.17) is 5.11 Å². The Kier molecular flexibility index (Phi) is 3.32. The molecular weight excluding hydrogens is 237 g/mol. The lowest BCUT2D eigenvalue weighted by atomic mass is 10.1. The van der Waals surface area contributed by atoms with Gasteiger partial charge in [-0.05, 0) is 43.5 Å². The third kappa shape index (κ3) is 2.20. The monoisotopic (exact) mass is 251 g/mol. The predicted molar refractivity (Wildman–Crippen MR) is 62.8 cm³/mol. The number of hydrogen-bond donors (Lipinski definition) is 1. The molecule has 1 aromatic rings. The van der Waals surface area contributed by atoms with Crippen molar-refractivity contribution in [2.24, 2.45) is 0 Å². The lowest BCUT2D eigenvalue weighted by molar-refractivity contribution is -0.141. The van der Waals surface area contributed by atoms with Gasteiger partial charge in [0.1, 0.15) is 11.9 Å². The summed E-state index contributed by atoms with van der Waals surface area (Å²) >= 11 is 0. The van der Waals surface area contributed by atoms with E-state index < -0.39 is 12.0 Å². The number of likely N-dealkylation sites (tertiary alicyclic amines) is 1. The normalized spacial score (nSPS) is 19.0. The fourth-order valence-electron chi connectivity index (χ4n) is 2.21. The van der Waals surface area contributed by atoms with E-state index in [-0.39, 0.29) is 11.7 Å². The van der Waals surface area contributed by atoms with Crippen LogP contribution in [0.2, 0.25) is 0 Å². The minimum atomic E-state index is -0.986. The van der Waals surface area contributed by atoms with Crippen LogP contribution in [0.25, 0.3) is 0 Å². The number of carboxylic acid groups (broad SMARTS) is 1. The Morgan fingerprint density at radius 1 is 1.44 bits per heavy atom. The number of rotatable bonds is 2. The maximum absolute atomic E-state index is 13.1. The highest BCUT2D eigenvalue weighted by Crippen LogP contribution is 2.21. The zero-order valence-electron chi connectivity index (χ0n) is 10.0. The molecule has 1 N–H and O–H groups in total. The summed E-state index contributed by atoms with van der Waals surface area (Å²) in [5.74, 6) is -1.70. The fourth-order valence-corrected chi connectivity index (χ4v) is 2.21. The molecule has 4 nitrogen and oxygen atoms in total. The molecule has 1 fully saturated rings. The molecule has 2 rings (SSSR count). The van der Waals surface area contributed by atoms with Crippen LogP contribution in [-0.4, -0.2) is 34.5 Å². The fraction of sp³-hybridized carbons (Fsp3) is 0.385. The summed E-state index contributed by atoms with van der Waals surface area (Å²) in [6, 6.07) is 3.31. The van der Waals surface area contributed by atoms with Crippen LogP contribution in [0.4, 0.5) is 4.39 Å². The van der Waals surface area contributed by atoms with E-state index in [1.54, 1.807) is 6.92 Å². The van der Waals surface area contributed by atoms with Gasteiger partial charge in [0.15, 0.2) is 0 Å². The summed E-state index contributed by atoms with van der Waals surface area (Å²) < 4.78 is 13.1. The number of aryl methyl sites for hydroxylation is 1. The molecule has 0 radical (unpaired) electrons. The van der Waals surface area contributed by atoms with Gasteiger partial charge in [0.2, 0.25) is 0 Å². The minimum absolute atomic E-state index is 0.335. The molecule has 0 aromatic heterocycles. The van der Waals surface area contributed by atoms with Gasteiger partial charge in [0.25, 0.3) is 5.91 Å². The number of carbonyl (C=O) groups excluding carboxylic acids is 1. The van der Waals surface area contributed by atoms with Crippen molar-refractivity contribution < 1.29 is 19.1 Å². The van der Waals surface area contributed by atoms with Crippen molar-refractivity contribution in [3.05, 3.63) is 35.1 Å². The molecule has 0 bridgehead atoms. The molecule has 0 unspecified atom stereocenters. The van der Waals surface area contributed by atoms with Crippen LogP contribution in [0.15, 0.2) is 18.2 Å². The lowest BCUT2D eigenvalue weighted by Gasteiger charge is -2.21. The maximum atomic E-state index is 13.1. The largest absolute Gasteiger partial charge is 0.480 e. The van der Waals surface area contributed by atoms with Gasteiger partial charge in [-0.25, -0.2) is 9.18 Å². The average molecular weight is 251 g/mol. The summed E-state index contributed by atoms with van der Waals surface area (Å²) in [5, 5.41) is 9.02. The Labute approximate surface area is 104 Å². The van der Waals surface area contributed by atoms with Gasteiger partial charge < -0.3 is 10.0 Å². The standard InChI is InChI=1S/C13H14FNO3/c1-8-7-9(4-5-10(8)14)12(16)15-6-2-3-11(15)13(17)18/h4-5,7,11H,2-3,6H2,1H3,(H,17,18)/t11-/m1/s1. The van der Waals surface area contributed by atoms with E-state index >= 15 is 0 Å². The second-order valence-corrected chi connectivity index (χ2v) is 4.46. The van der Waals surface area contributed by atoms with Crippen LogP contribution in [0.5, 0.6) is 0 Å². The van der Waals surface area contributed by atoms with Crippen molar-refractivity contribution in [1.29, 1.82) is 0 Å². The zero-order chi connectivity index (χ0) is 13.3. The van der Waals surface area contributed by atoms with Crippen LogP contribution < -0.4 is 0 Å². The summed E-state index contributed by atoms with van der Waals surface area (Å²) in [7, 11) is 0. The van der Waals surface area contributed by atoms with Crippen molar-refractivity contribution in [3.63, 3.8) is 0 Å². The molecule has 1 atom stereocenters. The van der Waals surface area contributed by atoms with Crippen molar-refractivity contribution in [2.45, 2.75) is 25.8 Å². The smallest absolute Gasteiger partial charge is 0.326 e. The number of halogens is 1. The second-order valence-electron chi connectivity index (χ2n) is 4.46. The third-order valence-electron chi connectivity index (χ3n) is 3.20. The van der Waals surface area contributed by atoms with Crippen LogP contribution in [0.1, 0.15) is 28.8 Å². The summed E-state index contributed by atoms with van der Waals surface area (Å²) in [6.07, 6.45) is 1.16. The first kappa shape index (κ1) is 12.5. The first-order valence-electron chi connectivity index (χ1n) is 5.80. The van der Waals surface area contributed by atoms with E-state index in [1.807, 2.05) is 0 Å². The molecule has 18 heavy (non-hydrogen) atoms. The molecule has 5 heteroatoms. The lowest BCUT2D eigenvalue weighted by Crippen LogP contribution is -2.40. The SMILES string of the molecule is Cc1cc(C(=O)N2CCC[C@@H]2C(=O)O)ccc1F. The number of nitrogens with zero attached hydrogens (tertiary/aromatic N) is 1. The Bertz CT molecular complexity index is 501. The molecule has 1 amide bonds. The number of amides is 1. The van der Waals surface area contributed by atoms with Crippen molar-refractivity contribution in [3.8, 4) is 0 Å². The molecule has 1 aromatic carbocycles. The highest BCUT2D eigenvalue weighted by molar-refractivity contribution is 5.97. The molecule has 1 aliphatic heterocycles. The quantitative estimate of drug-likeness (QED) is 0.872. The van der Waals surface area contributed by atoms with Crippen LogP contribution in [-0.2, 0) is 4.79 Å². The number of aliphatic carboxylic acids is 1. The van der Waals surface area contributed by atoms with Crippen LogP contribution >= 0.6 is 0 Å². The van der Waals surface area contributed by atoms with Gasteiger partial charge in [-0.1, -0.05) is 0 Å². The highest BCUT2D eigenvalue weighted by Gasteiger charge is 2.34. The van der Waals surface area contributed by atoms with Crippen molar-refractivity contribution in [1.82, 2.24) is 4.90 Å². The number of carboxylic acids is 1.